The minimum absolute atomic E-state index is 0.136. The number of nitrogens with zero attached hydrogens (tertiary/aromatic N) is 1. The van der Waals surface area contributed by atoms with Crippen molar-refractivity contribution in [2.24, 2.45) is 0 Å². The summed E-state index contributed by atoms with van der Waals surface area (Å²) in [6.45, 7) is 3.58. The van der Waals surface area contributed by atoms with Crippen molar-refractivity contribution in [2.45, 2.75) is 19.8 Å². The van der Waals surface area contributed by atoms with Gasteiger partial charge in [0.15, 0.2) is 0 Å². The van der Waals surface area contributed by atoms with Gasteiger partial charge in [0.25, 0.3) is 0 Å². The molecule has 0 saturated carbocycles. The summed E-state index contributed by atoms with van der Waals surface area (Å²) in [5.41, 5.74) is 2.13. The molecule has 4 nitrogen and oxygen atoms in total. The Kier molecular flexibility index (Phi) is 6.54. The molecule has 102 valence electrons. The van der Waals surface area contributed by atoms with Crippen molar-refractivity contribution in [2.75, 3.05) is 38.3 Å². The van der Waals surface area contributed by atoms with Crippen molar-refractivity contribution >= 4 is 5.69 Å². The van der Waals surface area contributed by atoms with Gasteiger partial charge >= 0.3 is 0 Å². The second kappa shape index (κ2) is 7.95. The highest BCUT2D eigenvalue weighted by molar-refractivity contribution is 5.53. The van der Waals surface area contributed by atoms with Gasteiger partial charge in [0, 0.05) is 32.0 Å². The summed E-state index contributed by atoms with van der Waals surface area (Å²) in [5, 5.41) is 17.6. The second-order valence-corrected chi connectivity index (χ2v) is 4.37. The van der Waals surface area contributed by atoms with Crippen LogP contribution in [0.3, 0.4) is 0 Å². The Bertz CT molecular complexity index is 355. The molecule has 0 atom stereocenters. The molecule has 0 unspecified atom stereocenters. The first-order valence-corrected chi connectivity index (χ1v) is 6.35. The summed E-state index contributed by atoms with van der Waals surface area (Å²) in [5.74, 6) is 0.871. The Morgan fingerprint density at radius 1 is 1.17 bits per heavy atom. The molecule has 0 fully saturated rings. The number of likely N-dealkylation sites (N-methyl/N-ethyl adjacent to an activating group) is 1. The highest BCUT2D eigenvalue weighted by Gasteiger charge is 2.05. The number of hydrogen-bond acceptors (Lipinski definition) is 4. The lowest BCUT2D eigenvalue weighted by molar-refractivity contribution is 0.252. The molecule has 2 N–H and O–H groups in total. The number of anilines is 1. The number of rotatable bonds is 8. The molecule has 0 heterocycles. The van der Waals surface area contributed by atoms with Gasteiger partial charge in [-0.05, 0) is 31.4 Å². The predicted molar refractivity (Wildman–Crippen MR) is 73.3 cm³/mol. The molecule has 0 saturated heterocycles. The van der Waals surface area contributed by atoms with Crippen LogP contribution in [0.25, 0.3) is 0 Å². The van der Waals surface area contributed by atoms with Crippen LogP contribution in [0.15, 0.2) is 18.2 Å². The minimum atomic E-state index is 0.136. The van der Waals surface area contributed by atoms with Crippen LogP contribution in [0.5, 0.6) is 5.75 Å². The van der Waals surface area contributed by atoms with Gasteiger partial charge < -0.3 is 19.8 Å². The van der Waals surface area contributed by atoms with E-state index in [1.165, 1.54) is 0 Å². The van der Waals surface area contributed by atoms with Crippen LogP contribution in [0, 0.1) is 6.92 Å². The van der Waals surface area contributed by atoms with Crippen molar-refractivity contribution in [1.29, 1.82) is 0 Å². The molecule has 0 aliphatic heterocycles. The third-order valence-corrected chi connectivity index (χ3v) is 2.86. The van der Waals surface area contributed by atoms with E-state index in [4.69, 9.17) is 14.9 Å². The lowest BCUT2D eigenvalue weighted by Crippen LogP contribution is -2.21. The maximum Gasteiger partial charge on any atom is 0.124 e. The van der Waals surface area contributed by atoms with E-state index in [0.717, 1.165) is 29.8 Å². The van der Waals surface area contributed by atoms with E-state index in [1.807, 2.05) is 37.1 Å². The molecular formula is C14H23NO3. The average molecular weight is 253 g/mol. The summed E-state index contributed by atoms with van der Waals surface area (Å²) in [7, 11) is 1.94. The van der Waals surface area contributed by atoms with Crippen molar-refractivity contribution in [3.8, 4) is 5.75 Å². The Morgan fingerprint density at radius 3 is 2.61 bits per heavy atom. The van der Waals surface area contributed by atoms with Crippen LogP contribution >= 0.6 is 0 Å². The summed E-state index contributed by atoms with van der Waals surface area (Å²) < 4.78 is 5.71. The molecule has 0 aliphatic rings. The fourth-order valence-corrected chi connectivity index (χ4v) is 1.66. The molecule has 0 spiro atoms. The molecule has 0 amide bonds. The lowest BCUT2D eigenvalue weighted by Gasteiger charge is -2.19. The fourth-order valence-electron chi connectivity index (χ4n) is 1.66. The van der Waals surface area contributed by atoms with Crippen LogP contribution in [-0.2, 0) is 0 Å². The Labute approximate surface area is 109 Å². The van der Waals surface area contributed by atoms with Gasteiger partial charge in [0.1, 0.15) is 5.75 Å². The monoisotopic (exact) mass is 253 g/mol. The van der Waals surface area contributed by atoms with E-state index in [1.54, 1.807) is 0 Å². The smallest absolute Gasteiger partial charge is 0.124 e. The summed E-state index contributed by atoms with van der Waals surface area (Å²) >= 11 is 0. The van der Waals surface area contributed by atoms with Crippen molar-refractivity contribution in [1.82, 2.24) is 0 Å². The van der Waals surface area contributed by atoms with E-state index in [9.17, 15) is 0 Å². The van der Waals surface area contributed by atoms with Crippen LogP contribution in [0.1, 0.15) is 18.4 Å². The van der Waals surface area contributed by atoms with Crippen LogP contribution in [0.2, 0.25) is 0 Å². The van der Waals surface area contributed by atoms with Crippen molar-refractivity contribution in [3.05, 3.63) is 23.8 Å². The van der Waals surface area contributed by atoms with Gasteiger partial charge in [-0.2, -0.15) is 0 Å². The quantitative estimate of drug-likeness (QED) is 0.691. The van der Waals surface area contributed by atoms with Gasteiger partial charge in [-0.15, -0.1) is 0 Å². The summed E-state index contributed by atoms with van der Waals surface area (Å²) in [6.07, 6.45) is 1.62. The van der Waals surface area contributed by atoms with Gasteiger partial charge in [-0.1, -0.05) is 6.07 Å². The third-order valence-electron chi connectivity index (χ3n) is 2.86. The molecule has 4 heteroatoms. The summed E-state index contributed by atoms with van der Waals surface area (Å²) in [6, 6.07) is 6.03. The first-order valence-electron chi connectivity index (χ1n) is 6.35. The molecule has 1 rings (SSSR count). The number of aliphatic hydroxyl groups excluding tert-OH is 2. The Balaban J connectivity index is 2.63. The van der Waals surface area contributed by atoms with E-state index in [2.05, 4.69) is 0 Å². The predicted octanol–water partition coefficient (Wildman–Crippen LogP) is 1.57. The van der Waals surface area contributed by atoms with E-state index >= 15 is 0 Å². The van der Waals surface area contributed by atoms with E-state index in [-0.39, 0.29) is 13.2 Å². The lowest BCUT2D eigenvalue weighted by atomic mass is 10.2. The zero-order chi connectivity index (χ0) is 13.4. The van der Waals surface area contributed by atoms with Crippen LogP contribution in [-0.4, -0.2) is 43.6 Å². The molecule has 1 aromatic carbocycles. The van der Waals surface area contributed by atoms with Gasteiger partial charge in [0.2, 0.25) is 0 Å². The summed E-state index contributed by atoms with van der Waals surface area (Å²) in [4.78, 5) is 1.99. The Hall–Kier alpha value is -1.26. The average Bonchev–Trinajstić information content (AvgIpc) is 2.37. The topological polar surface area (TPSA) is 52.9 Å². The number of benzene rings is 1. The number of aliphatic hydroxyl groups is 2. The molecule has 1 aromatic rings. The van der Waals surface area contributed by atoms with E-state index in [0.29, 0.717) is 13.2 Å². The maximum atomic E-state index is 8.93. The molecule has 0 bridgehead atoms. The first-order chi connectivity index (χ1) is 8.69. The molecule has 0 aliphatic carbocycles. The van der Waals surface area contributed by atoms with Crippen molar-refractivity contribution < 1.29 is 14.9 Å². The largest absolute Gasteiger partial charge is 0.493 e. The highest BCUT2D eigenvalue weighted by atomic mass is 16.5. The SMILES string of the molecule is Cc1ccc(N(C)CCO)cc1OCCCCO. The van der Waals surface area contributed by atoms with Gasteiger partial charge in [0.05, 0.1) is 13.2 Å². The van der Waals surface area contributed by atoms with E-state index < -0.39 is 0 Å². The third kappa shape index (κ3) is 4.55. The van der Waals surface area contributed by atoms with Crippen LogP contribution < -0.4 is 9.64 Å². The second-order valence-electron chi connectivity index (χ2n) is 4.37. The Morgan fingerprint density at radius 2 is 1.94 bits per heavy atom. The number of ether oxygens (including phenoxy) is 1. The number of aryl methyl sites for hydroxylation is 1. The molecular weight excluding hydrogens is 230 g/mol. The number of unbranched alkanes of at least 4 members (excludes halogenated alkanes) is 1. The normalized spacial score (nSPS) is 10.4. The number of hydrogen-bond donors (Lipinski definition) is 2. The zero-order valence-corrected chi connectivity index (χ0v) is 11.2. The fraction of sp³-hybridized carbons (Fsp3) is 0.571. The molecule has 18 heavy (non-hydrogen) atoms. The standard InChI is InChI=1S/C14H23NO3/c1-12-5-6-13(15(2)7-9-17)11-14(12)18-10-4-3-8-16/h5-6,11,16-17H,3-4,7-10H2,1-2H3. The van der Waals surface area contributed by atoms with Crippen LogP contribution in [0.4, 0.5) is 5.69 Å². The first kappa shape index (κ1) is 14.8. The zero-order valence-electron chi connectivity index (χ0n) is 11.2. The maximum absolute atomic E-state index is 8.93. The molecule has 0 aromatic heterocycles. The highest BCUT2D eigenvalue weighted by Crippen LogP contribution is 2.24. The van der Waals surface area contributed by atoms with Gasteiger partial charge in [-0.3, -0.25) is 0 Å². The minimum Gasteiger partial charge on any atom is -0.493 e. The van der Waals surface area contributed by atoms with Crippen molar-refractivity contribution in [3.63, 3.8) is 0 Å². The molecule has 0 radical (unpaired) electrons. The van der Waals surface area contributed by atoms with Gasteiger partial charge in [-0.25, -0.2) is 0 Å².